The van der Waals surface area contributed by atoms with Crippen molar-refractivity contribution in [3.63, 3.8) is 0 Å². The molecule has 4 heterocycles. The van der Waals surface area contributed by atoms with E-state index in [0.29, 0.717) is 35.6 Å². The van der Waals surface area contributed by atoms with Crippen molar-refractivity contribution >= 4 is 26.6 Å². The summed E-state index contributed by atoms with van der Waals surface area (Å²) in [5.41, 5.74) is 2.86. The van der Waals surface area contributed by atoms with Gasteiger partial charge in [0.05, 0.1) is 35.2 Å². The Hall–Kier alpha value is -3.75. The maximum absolute atomic E-state index is 12.7. The molecule has 168 valence electrons. The summed E-state index contributed by atoms with van der Waals surface area (Å²) in [5, 5.41) is 22.6. The first kappa shape index (κ1) is 21.1. The number of hydrogen-bond acceptors (Lipinski definition) is 9. The number of sulfone groups is 1. The number of rotatable bonds is 7. The Kier molecular flexibility index (Phi) is 5.32. The second-order valence-electron chi connectivity index (χ2n) is 8.04. The number of fused-ring (bicyclic) bond motifs is 1. The van der Waals surface area contributed by atoms with Gasteiger partial charge in [-0.25, -0.2) is 23.4 Å². The largest absolute Gasteiger partial charge is 0.444 e. The van der Waals surface area contributed by atoms with Crippen LogP contribution in [0.1, 0.15) is 24.1 Å². The number of nitrogens with zero attached hydrogens (tertiary/aromatic N) is 4. The summed E-state index contributed by atoms with van der Waals surface area (Å²) >= 11 is 0. The van der Waals surface area contributed by atoms with E-state index in [-0.39, 0.29) is 34.9 Å². The van der Waals surface area contributed by atoms with Crippen molar-refractivity contribution in [3.05, 3.63) is 54.3 Å². The topological polar surface area (TPSA) is 158 Å². The molecule has 4 aromatic rings. The Bertz CT molecular complexity index is 1460. The fraction of sp³-hybridized carbons (Fsp3) is 0.273. The van der Waals surface area contributed by atoms with Gasteiger partial charge in [-0.15, -0.1) is 0 Å². The van der Waals surface area contributed by atoms with Crippen molar-refractivity contribution in [2.75, 3.05) is 11.1 Å². The third kappa shape index (κ3) is 4.06. The molecule has 10 nitrogen and oxygen atoms in total. The summed E-state index contributed by atoms with van der Waals surface area (Å²) in [6.45, 7) is -0.225. The van der Waals surface area contributed by atoms with Crippen LogP contribution < -0.4 is 5.32 Å². The Morgan fingerprint density at radius 2 is 2.15 bits per heavy atom. The van der Waals surface area contributed by atoms with E-state index in [4.69, 9.17) is 9.68 Å². The van der Waals surface area contributed by atoms with Crippen LogP contribution in [0.4, 0.5) is 5.69 Å². The first-order valence-corrected chi connectivity index (χ1v) is 12.0. The van der Waals surface area contributed by atoms with Crippen molar-refractivity contribution in [2.24, 2.45) is 5.92 Å². The number of H-pyrrole nitrogens is 1. The van der Waals surface area contributed by atoms with Crippen LogP contribution in [0.15, 0.2) is 52.5 Å². The van der Waals surface area contributed by atoms with E-state index in [0.717, 1.165) is 11.1 Å². The van der Waals surface area contributed by atoms with Gasteiger partial charge in [0.25, 0.3) is 0 Å². The molecule has 0 aromatic carbocycles. The summed E-state index contributed by atoms with van der Waals surface area (Å²) in [4.78, 5) is 15.7. The van der Waals surface area contributed by atoms with E-state index in [1.165, 1.54) is 24.6 Å². The zero-order valence-corrected chi connectivity index (χ0v) is 18.2. The van der Waals surface area contributed by atoms with Crippen LogP contribution >= 0.6 is 0 Å². The van der Waals surface area contributed by atoms with E-state index in [1.54, 1.807) is 12.4 Å². The fourth-order valence-electron chi connectivity index (χ4n) is 4.07. The van der Waals surface area contributed by atoms with Crippen LogP contribution in [0, 0.1) is 17.2 Å². The summed E-state index contributed by atoms with van der Waals surface area (Å²) in [6, 6.07) is 6.70. The van der Waals surface area contributed by atoms with Crippen LogP contribution in [0.3, 0.4) is 0 Å². The average molecular weight is 465 g/mol. The van der Waals surface area contributed by atoms with Crippen molar-refractivity contribution in [1.82, 2.24) is 19.9 Å². The standard InChI is InChI=1S/C22H20N6O4S/c23-8-13-1-3-24-19(7-13)33(30,31)12-14-5-15(6-14)27-20-17-2-4-25-21(17)26-9-18(20)22-28-16(10-29)11-32-22/h1-4,7,9,11,14-15,29H,5-6,10,12H2,(H2,25,26,27). The molecule has 0 amide bonds. The number of aliphatic hydroxyl groups is 1. The Morgan fingerprint density at radius 1 is 1.30 bits per heavy atom. The van der Waals surface area contributed by atoms with Gasteiger partial charge in [-0.05, 0) is 37.0 Å². The molecule has 11 heteroatoms. The SMILES string of the molecule is N#Cc1ccnc(S(=O)(=O)CC2CC(Nc3c(-c4nc(CO)co4)cnc4[nH]ccc34)C2)c1. The van der Waals surface area contributed by atoms with E-state index in [2.05, 4.69) is 25.3 Å². The molecule has 33 heavy (non-hydrogen) atoms. The average Bonchev–Trinajstić information content (AvgIpc) is 3.47. The van der Waals surface area contributed by atoms with Crippen LogP contribution in [0.5, 0.6) is 0 Å². The third-order valence-corrected chi connectivity index (χ3v) is 7.52. The first-order valence-electron chi connectivity index (χ1n) is 10.3. The first-order chi connectivity index (χ1) is 16.0. The summed E-state index contributed by atoms with van der Waals surface area (Å²) < 4.78 is 31.0. The number of nitriles is 1. The summed E-state index contributed by atoms with van der Waals surface area (Å²) in [5.74, 6) is 0.309. The number of aromatic amines is 1. The molecule has 0 spiro atoms. The van der Waals surface area contributed by atoms with Gasteiger partial charge in [0.2, 0.25) is 5.89 Å². The lowest BCUT2D eigenvalue weighted by Crippen LogP contribution is -2.39. The molecule has 0 saturated heterocycles. The maximum Gasteiger partial charge on any atom is 0.229 e. The van der Waals surface area contributed by atoms with Crippen molar-refractivity contribution in [3.8, 4) is 17.5 Å². The van der Waals surface area contributed by atoms with Crippen molar-refractivity contribution < 1.29 is 17.9 Å². The van der Waals surface area contributed by atoms with Crippen LogP contribution in [-0.4, -0.2) is 45.3 Å². The number of anilines is 1. The van der Waals surface area contributed by atoms with E-state index >= 15 is 0 Å². The van der Waals surface area contributed by atoms with Crippen LogP contribution in [0.2, 0.25) is 0 Å². The highest BCUT2D eigenvalue weighted by Gasteiger charge is 2.35. The highest BCUT2D eigenvalue weighted by molar-refractivity contribution is 7.91. The number of oxazole rings is 1. The van der Waals surface area contributed by atoms with Crippen molar-refractivity contribution in [2.45, 2.75) is 30.5 Å². The second-order valence-corrected chi connectivity index (χ2v) is 10.0. The lowest BCUT2D eigenvalue weighted by molar-refractivity contribution is 0.276. The van der Waals surface area contributed by atoms with Gasteiger partial charge in [0.15, 0.2) is 14.9 Å². The molecule has 0 aliphatic heterocycles. The number of aromatic nitrogens is 4. The maximum atomic E-state index is 12.7. The number of aliphatic hydroxyl groups excluding tert-OH is 1. The molecule has 1 aliphatic rings. The van der Waals surface area contributed by atoms with Gasteiger partial charge in [0, 0.05) is 30.0 Å². The highest BCUT2D eigenvalue weighted by atomic mass is 32.2. The van der Waals surface area contributed by atoms with Gasteiger partial charge in [0.1, 0.15) is 17.6 Å². The molecule has 1 aliphatic carbocycles. The minimum atomic E-state index is -3.58. The molecule has 4 aromatic heterocycles. The normalized spacial score (nSPS) is 18.1. The molecular weight excluding hydrogens is 444 g/mol. The zero-order chi connectivity index (χ0) is 23.0. The molecular formula is C22H20N6O4S. The molecule has 3 N–H and O–H groups in total. The monoisotopic (exact) mass is 464 g/mol. The molecule has 0 unspecified atom stereocenters. The lowest BCUT2D eigenvalue weighted by Gasteiger charge is -2.36. The molecule has 0 radical (unpaired) electrons. The summed E-state index contributed by atoms with van der Waals surface area (Å²) in [6.07, 6.45) is 7.52. The van der Waals surface area contributed by atoms with Gasteiger partial charge in [-0.1, -0.05) is 0 Å². The highest BCUT2D eigenvalue weighted by Crippen LogP contribution is 2.38. The molecule has 1 saturated carbocycles. The molecule has 5 rings (SSSR count). The van der Waals surface area contributed by atoms with E-state index in [9.17, 15) is 13.5 Å². The Morgan fingerprint density at radius 3 is 2.91 bits per heavy atom. The predicted molar refractivity (Wildman–Crippen MR) is 119 cm³/mol. The number of pyridine rings is 2. The minimum absolute atomic E-state index is 0.0184. The van der Waals surface area contributed by atoms with Crippen LogP contribution in [0.25, 0.3) is 22.5 Å². The van der Waals surface area contributed by atoms with E-state index in [1.807, 2.05) is 12.1 Å². The van der Waals surface area contributed by atoms with Gasteiger partial charge >= 0.3 is 0 Å². The smallest absolute Gasteiger partial charge is 0.229 e. The van der Waals surface area contributed by atoms with E-state index < -0.39 is 9.84 Å². The van der Waals surface area contributed by atoms with Gasteiger partial charge in [-0.2, -0.15) is 5.26 Å². The molecule has 0 bridgehead atoms. The second kappa shape index (κ2) is 8.31. The van der Waals surface area contributed by atoms with Crippen LogP contribution in [-0.2, 0) is 16.4 Å². The Balaban J connectivity index is 1.32. The Labute approximate surface area is 189 Å². The fourth-order valence-corrected chi connectivity index (χ4v) is 5.66. The quantitative estimate of drug-likeness (QED) is 0.374. The predicted octanol–water partition coefficient (Wildman–Crippen LogP) is 2.64. The minimum Gasteiger partial charge on any atom is -0.444 e. The molecule has 0 atom stereocenters. The third-order valence-electron chi connectivity index (χ3n) is 5.75. The summed E-state index contributed by atoms with van der Waals surface area (Å²) in [7, 11) is -3.58. The van der Waals surface area contributed by atoms with Gasteiger partial charge in [-0.3, -0.25) is 0 Å². The molecule has 1 fully saturated rings. The number of nitrogens with one attached hydrogen (secondary N) is 2. The van der Waals surface area contributed by atoms with Gasteiger partial charge < -0.3 is 19.8 Å². The number of hydrogen-bond donors (Lipinski definition) is 3. The zero-order valence-electron chi connectivity index (χ0n) is 17.4. The lowest BCUT2D eigenvalue weighted by atomic mass is 9.81. The van der Waals surface area contributed by atoms with Crippen molar-refractivity contribution in [1.29, 1.82) is 5.26 Å².